The van der Waals surface area contributed by atoms with Gasteiger partial charge in [-0.15, -0.1) is 0 Å². The third kappa shape index (κ3) is 1.96. The molecule has 0 aliphatic carbocycles. The third-order valence-electron chi connectivity index (χ3n) is 2.74. The van der Waals surface area contributed by atoms with Crippen LogP contribution in [0, 0.1) is 6.92 Å². The molecule has 2 heteroatoms. The van der Waals surface area contributed by atoms with E-state index in [1.807, 2.05) is 30.3 Å². The number of para-hydroxylation sites is 1. The molecular formula is C15H12NS. The van der Waals surface area contributed by atoms with E-state index in [2.05, 4.69) is 36.2 Å². The van der Waals surface area contributed by atoms with Crippen molar-refractivity contribution in [1.29, 1.82) is 0 Å². The van der Waals surface area contributed by atoms with E-state index in [1.165, 1.54) is 10.3 Å². The Balaban J connectivity index is 2.04. The van der Waals surface area contributed by atoms with Gasteiger partial charge in [0.15, 0.2) is 0 Å². The molecule has 1 radical (unpaired) electrons. The molecule has 0 aliphatic rings. The molecule has 0 unspecified atom stereocenters. The lowest BCUT2D eigenvalue weighted by molar-refractivity contribution is 1.21. The van der Waals surface area contributed by atoms with Crippen LogP contribution in [-0.2, 0) is 0 Å². The highest BCUT2D eigenvalue weighted by Crippen LogP contribution is 2.33. The molecule has 1 N–H and O–H groups in total. The van der Waals surface area contributed by atoms with Gasteiger partial charge in [-0.3, -0.25) is 0 Å². The van der Waals surface area contributed by atoms with Gasteiger partial charge in [-0.25, -0.2) is 0 Å². The van der Waals surface area contributed by atoms with Crippen molar-refractivity contribution in [2.75, 3.05) is 0 Å². The van der Waals surface area contributed by atoms with Crippen molar-refractivity contribution < 1.29 is 0 Å². The minimum absolute atomic E-state index is 1.08. The number of aromatic nitrogens is 1. The second-order valence-corrected chi connectivity index (χ2v) is 4.98. The zero-order valence-corrected chi connectivity index (χ0v) is 10.1. The summed E-state index contributed by atoms with van der Waals surface area (Å²) in [6.07, 6.45) is 0. The van der Waals surface area contributed by atoms with Gasteiger partial charge in [0.1, 0.15) is 0 Å². The van der Waals surface area contributed by atoms with Crippen LogP contribution in [0.5, 0.6) is 0 Å². The van der Waals surface area contributed by atoms with E-state index in [1.54, 1.807) is 11.8 Å². The quantitative estimate of drug-likeness (QED) is 0.695. The van der Waals surface area contributed by atoms with Crippen molar-refractivity contribution in [3.05, 3.63) is 67.1 Å². The molecule has 0 aliphatic heterocycles. The first-order valence-electron chi connectivity index (χ1n) is 5.50. The predicted molar refractivity (Wildman–Crippen MR) is 73.3 cm³/mol. The molecule has 0 amide bonds. The van der Waals surface area contributed by atoms with Gasteiger partial charge in [0.05, 0.1) is 5.03 Å². The van der Waals surface area contributed by atoms with Gasteiger partial charge in [0.25, 0.3) is 0 Å². The van der Waals surface area contributed by atoms with Gasteiger partial charge < -0.3 is 4.98 Å². The van der Waals surface area contributed by atoms with E-state index in [9.17, 15) is 0 Å². The van der Waals surface area contributed by atoms with Crippen LogP contribution in [0.3, 0.4) is 0 Å². The van der Waals surface area contributed by atoms with Crippen molar-refractivity contribution in [3.63, 3.8) is 0 Å². The molecule has 2 aromatic carbocycles. The summed E-state index contributed by atoms with van der Waals surface area (Å²) in [4.78, 5) is 4.64. The van der Waals surface area contributed by atoms with E-state index >= 15 is 0 Å². The monoisotopic (exact) mass is 238 g/mol. The van der Waals surface area contributed by atoms with Crippen LogP contribution < -0.4 is 0 Å². The smallest absolute Gasteiger partial charge is 0.0813 e. The number of hydrogen-bond acceptors (Lipinski definition) is 1. The summed E-state index contributed by atoms with van der Waals surface area (Å²) in [6, 6.07) is 18.6. The highest BCUT2D eigenvalue weighted by Gasteiger charge is 2.07. The Morgan fingerprint density at radius 3 is 2.35 bits per heavy atom. The Kier molecular flexibility index (Phi) is 2.65. The van der Waals surface area contributed by atoms with Gasteiger partial charge in [-0.05, 0) is 30.7 Å². The first kappa shape index (κ1) is 10.5. The lowest BCUT2D eigenvalue weighted by Gasteiger charge is -1.99. The number of H-pyrrole nitrogens is 1. The summed E-state index contributed by atoms with van der Waals surface area (Å²) < 4.78 is 0. The topological polar surface area (TPSA) is 15.8 Å². The molecule has 17 heavy (non-hydrogen) atoms. The molecule has 0 bridgehead atoms. The standard InChI is InChI=1S/C15H12NS/c1-11-13-9-5-6-10-14(13)16-15(11)17-12-7-3-2-4-8-12/h2-10,16H,1H2. The Hall–Kier alpha value is -1.67. The van der Waals surface area contributed by atoms with E-state index in [-0.39, 0.29) is 0 Å². The predicted octanol–water partition coefficient (Wildman–Crippen LogP) is 4.50. The molecule has 0 saturated carbocycles. The van der Waals surface area contributed by atoms with Crippen molar-refractivity contribution in [3.8, 4) is 0 Å². The Morgan fingerprint density at radius 2 is 1.59 bits per heavy atom. The first-order chi connectivity index (χ1) is 8.34. The first-order valence-corrected chi connectivity index (χ1v) is 6.32. The Morgan fingerprint density at radius 1 is 0.882 bits per heavy atom. The van der Waals surface area contributed by atoms with Crippen molar-refractivity contribution in [2.24, 2.45) is 0 Å². The fraction of sp³-hybridized carbons (Fsp3) is 0. The van der Waals surface area contributed by atoms with E-state index in [0.29, 0.717) is 0 Å². The minimum atomic E-state index is 1.08. The summed E-state index contributed by atoms with van der Waals surface area (Å²) in [6.45, 7) is 4.15. The van der Waals surface area contributed by atoms with Gasteiger partial charge in [0.2, 0.25) is 0 Å². The largest absolute Gasteiger partial charge is 0.349 e. The molecule has 3 rings (SSSR count). The Labute approximate surface area is 105 Å². The molecule has 1 nitrogen and oxygen atoms in total. The number of aromatic amines is 1. The summed E-state index contributed by atoms with van der Waals surface area (Å²) in [7, 11) is 0. The normalized spacial score (nSPS) is 10.9. The lowest BCUT2D eigenvalue weighted by Crippen LogP contribution is -1.75. The molecule has 1 heterocycles. The van der Waals surface area contributed by atoms with Crippen LogP contribution in [0.25, 0.3) is 10.9 Å². The molecule has 0 saturated heterocycles. The molecule has 3 aromatic rings. The minimum Gasteiger partial charge on any atom is -0.349 e. The van der Waals surface area contributed by atoms with Crippen LogP contribution in [0.2, 0.25) is 0 Å². The molecule has 0 fully saturated rings. The second-order valence-electron chi connectivity index (χ2n) is 3.89. The maximum absolute atomic E-state index is 4.15. The van der Waals surface area contributed by atoms with Crippen LogP contribution >= 0.6 is 11.8 Å². The number of fused-ring (bicyclic) bond motifs is 1. The zero-order valence-electron chi connectivity index (χ0n) is 9.31. The molecule has 1 aromatic heterocycles. The van der Waals surface area contributed by atoms with Gasteiger partial charge in [-0.1, -0.05) is 48.2 Å². The van der Waals surface area contributed by atoms with Crippen molar-refractivity contribution in [1.82, 2.24) is 4.98 Å². The summed E-state index contributed by atoms with van der Waals surface area (Å²) in [5.41, 5.74) is 2.23. The fourth-order valence-electron chi connectivity index (χ4n) is 1.87. The SMILES string of the molecule is [CH2]c1c(Sc2ccccc2)[nH]c2ccccc12. The average molecular weight is 238 g/mol. The Bertz CT molecular complexity index is 640. The fourth-order valence-corrected chi connectivity index (χ4v) is 2.79. The van der Waals surface area contributed by atoms with E-state index < -0.39 is 0 Å². The van der Waals surface area contributed by atoms with E-state index in [4.69, 9.17) is 0 Å². The maximum Gasteiger partial charge on any atom is 0.0813 e. The molecular weight excluding hydrogens is 226 g/mol. The number of benzene rings is 2. The summed E-state index contributed by atoms with van der Waals surface area (Å²) >= 11 is 1.72. The van der Waals surface area contributed by atoms with Crippen LogP contribution in [0.4, 0.5) is 0 Å². The number of rotatable bonds is 2. The molecule has 83 valence electrons. The third-order valence-corrected chi connectivity index (χ3v) is 3.80. The van der Waals surface area contributed by atoms with Crippen LogP contribution in [0.1, 0.15) is 5.56 Å². The van der Waals surface area contributed by atoms with Crippen molar-refractivity contribution in [2.45, 2.75) is 9.92 Å². The number of hydrogen-bond donors (Lipinski definition) is 1. The van der Waals surface area contributed by atoms with E-state index in [0.717, 1.165) is 16.1 Å². The molecule has 0 atom stereocenters. The highest BCUT2D eigenvalue weighted by molar-refractivity contribution is 7.99. The van der Waals surface area contributed by atoms with Crippen molar-refractivity contribution >= 4 is 22.7 Å². The summed E-state index contributed by atoms with van der Waals surface area (Å²) in [5, 5.41) is 2.32. The summed E-state index contributed by atoms with van der Waals surface area (Å²) in [5.74, 6) is 0. The van der Waals surface area contributed by atoms with Gasteiger partial charge >= 0.3 is 0 Å². The number of nitrogens with one attached hydrogen (secondary N) is 1. The van der Waals surface area contributed by atoms with Crippen LogP contribution in [0.15, 0.2) is 64.5 Å². The average Bonchev–Trinajstić information content (AvgIpc) is 2.68. The maximum atomic E-state index is 4.15. The van der Waals surface area contributed by atoms with Crippen LogP contribution in [-0.4, -0.2) is 4.98 Å². The molecule has 0 spiro atoms. The zero-order chi connectivity index (χ0) is 11.7. The second kappa shape index (κ2) is 4.30. The van der Waals surface area contributed by atoms with Gasteiger partial charge in [0, 0.05) is 15.8 Å². The lowest BCUT2D eigenvalue weighted by atomic mass is 10.2. The highest BCUT2D eigenvalue weighted by atomic mass is 32.2. The van der Waals surface area contributed by atoms with Gasteiger partial charge in [-0.2, -0.15) is 0 Å².